The summed E-state index contributed by atoms with van der Waals surface area (Å²) in [5.41, 5.74) is 1.67. The molecule has 0 radical (unpaired) electrons. The molecule has 0 saturated carbocycles. The van der Waals surface area contributed by atoms with E-state index in [1.807, 2.05) is 15.7 Å². The van der Waals surface area contributed by atoms with Crippen LogP contribution in [0.25, 0.3) is 0 Å². The second-order valence-corrected chi connectivity index (χ2v) is 8.21. The zero-order valence-corrected chi connectivity index (χ0v) is 15.4. The number of amides is 2. The highest BCUT2D eigenvalue weighted by molar-refractivity contribution is 7.16. The van der Waals surface area contributed by atoms with Crippen LogP contribution in [0.2, 0.25) is 0 Å². The summed E-state index contributed by atoms with van der Waals surface area (Å²) in [6.07, 6.45) is 7.83. The molecule has 0 bridgehead atoms. The standard InChI is InChI=1S/C18H19N3O2S2/c22-16(13-7-9-24-11-13)20-18-19-14-6-8-21(10-15(14)25-18)17(23)12-4-2-1-3-5-12/h1-2,7,9,11-12H,3-6,8,10H2,(H,19,20,22)/t12-/m0/s1. The quantitative estimate of drug-likeness (QED) is 0.835. The van der Waals surface area contributed by atoms with Gasteiger partial charge in [-0.3, -0.25) is 14.9 Å². The number of carbonyl (C=O) groups is 2. The molecule has 0 aromatic carbocycles. The third-order valence-corrected chi connectivity index (χ3v) is 6.35. The predicted octanol–water partition coefficient (Wildman–Crippen LogP) is 3.70. The Morgan fingerprint density at radius 3 is 3.00 bits per heavy atom. The molecule has 0 saturated heterocycles. The molecule has 1 atom stereocenters. The van der Waals surface area contributed by atoms with Crippen LogP contribution in [0.5, 0.6) is 0 Å². The van der Waals surface area contributed by atoms with Crippen LogP contribution < -0.4 is 5.32 Å². The van der Waals surface area contributed by atoms with E-state index < -0.39 is 0 Å². The second-order valence-electron chi connectivity index (χ2n) is 6.35. The van der Waals surface area contributed by atoms with Crippen molar-refractivity contribution in [2.75, 3.05) is 11.9 Å². The molecule has 0 spiro atoms. The van der Waals surface area contributed by atoms with Gasteiger partial charge in [0.05, 0.1) is 17.8 Å². The van der Waals surface area contributed by atoms with Crippen molar-refractivity contribution in [3.63, 3.8) is 0 Å². The van der Waals surface area contributed by atoms with Gasteiger partial charge >= 0.3 is 0 Å². The van der Waals surface area contributed by atoms with E-state index in [0.717, 1.165) is 36.3 Å². The minimum Gasteiger partial charge on any atom is -0.337 e. The van der Waals surface area contributed by atoms with E-state index in [0.29, 0.717) is 23.8 Å². The number of nitrogens with one attached hydrogen (secondary N) is 1. The van der Waals surface area contributed by atoms with Crippen molar-refractivity contribution in [1.82, 2.24) is 9.88 Å². The van der Waals surface area contributed by atoms with Gasteiger partial charge in [-0.2, -0.15) is 11.3 Å². The SMILES string of the molecule is O=C(Nc1nc2c(s1)CN(C(=O)[C@H]1CC=CCC1)CC2)c1ccsc1. The van der Waals surface area contributed by atoms with Gasteiger partial charge in [0, 0.05) is 29.1 Å². The Hall–Kier alpha value is -1.99. The first-order chi connectivity index (χ1) is 12.2. The molecule has 5 nitrogen and oxygen atoms in total. The summed E-state index contributed by atoms with van der Waals surface area (Å²) in [5, 5.41) is 7.19. The molecule has 2 aliphatic rings. The number of fused-ring (bicyclic) bond motifs is 1. The summed E-state index contributed by atoms with van der Waals surface area (Å²) in [5.74, 6) is 0.249. The maximum Gasteiger partial charge on any atom is 0.258 e. The summed E-state index contributed by atoms with van der Waals surface area (Å²) >= 11 is 2.98. The van der Waals surface area contributed by atoms with Crippen LogP contribution in [0.3, 0.4) is 0 Å². The highest BCUT2D eigenvalue weighted by Gasteiger charge is 2.29. The highest BCUT2D eigenvalue weighted by atomic mass is 32.1. The zero-order chi connectivity index (χ0) is 17.2. The van der Waals surface area contributed by atoms with Crippen molar-refractivity contribution < 1.29 is 9.59 Å². The van der Waals surface area contributed by atoms with E-state index in [4.69, 9.17) is 0 Å². The van der Waals surface area contributed by atoms with Gasteiger partial charge in [-0.05, 0) is 30.7 Å². The number of hydrogen-bond donors (Lipinski definition) is 1. The third-order valence-electron chi connectivity index (χ3n) is 4.67. The lowest BCUT2D eigenvalue weighted by atomic mass is 9.92. The zero-order valence-electron chi connectivity index (χ0n) is 13.7. The van der Waals surface area contributed by atoms with E-state index in [1.54, 1.807) is 6.07 Å². The molecule has 2 aromatic rings. The minimum absolute atomic E-state index is 0.122. The van der Waals surface area contributed by atoms with Crippen molar-refractivity contribution in [3.8, 4) is 0 Å². The number of thiazole rings is 1. The topological polar surface area (TPSA) is 62.3 Å². The Kier molecular flexibility index (Phi) is 4.67. The number of aromatic nitrogens is 1. The Morgan fingerprint density at radius 2 is 2.24 bits per heavy atom. The van der Waals surface area contributed by atoms with Gasteiger partial charge < -0.3 is 4.90 Å². The summed E-state index contributed by atoms with van der Waals surface area (Å²) in [4.78, 5) is 32.5. The molecule has 4 rings (SSSR count). The minimum atomic E-state index is -0.130. The summed E-state index contributed by atoms with van der Waals surface area (Å²) in [7, 11) is 0. The molecule has 2 aromatic heterocycles. The van der Waals surface area contributed by atoms with Crippen LogP contribution in [0.1, 0.15) is 40.2 Å². The Bertz CT molecular complexity index is 810. The maximum absolute atomic E-state index is 12.7. The van der Waals surface area contributed by atoms with Crippen LogP contribution in [-0.4, -0.2) is 28.2 Å². The van der Waals surface area contributed by atoms with Crippen LogP contribution in [-0.2, 0) is 17.8 Å². The highest BCUT2D eigenvalue weighted by Crippen LogP contribution is 2.30. The van der Waals surface area contributed by atoms with Gasteiger partial charge in [0.2, 0.25) is 5.91 Å². The molecule has 0 fully saturated rings. The molecule has 25 heavy (non-hydrogen) atoms. The Labute approximate surface area is 154 Å². The third kappa shape index (κ3) is 3.52. The van der Waals surface area contributed by atoms with Crippen LogP contribution in [0.15, 0.2) is 29.0 Å². The van der Waals surface area contributed by atoms with Gasteiger partial charge in [-0.15, -0.1) is 0 Å². The first-order valence-electron chi connectivity index (χ1n) is 8.46. The Balaban J connectivity index is 1.43. The van der Waals surface area contributed by atoms with Gasteiger partial charge in [0.1, 0.15) is 0 Å². The van der Waals surface area contributed by atoms with Crippen LogP contribution >= 0.6 is 22.7 Å². The number of allylic oxidation sites excluding steroid dienone is 2. The normalized spacial score (nSPS) is 19.5. The fourth-order valence-corrected chi connectivity index (χ4v) is 4.93. The number of carbonyl (C=O) groups excluding carboxylic acids is 2. The van der Waals surface area contributed by atoms with Crippen LogP contribution in [0, 0.1) is 5.92 Å². The molecule has 0 unspecified atom stereocenters. The summed E-state index contributed by atoms with van der Waals surface area (Å²) in [6, 6.07) is 1.80. The molecular weight excluding hydrogens is 354 g/mol. The first kappa shape index (κ1) is 16.5. The second kappa shape index (κ2) is 7.09. The van der Waals surface area contributed by atoms with E-state index in [9.17, 15) is 9.59 Å². The largest absolute Gasteiger partial charge is 0.337 e. The molecule has 2 amide bonds. The van der Waals surface area contributed by atoms with Crippen molar-refractivity contribution in [2.45, 2.75) is 32.2 Å². The predicted molar refractivity (Wildman–Crippen MR) is 100.0 cm³/mol. The van der Waals surface area contributed by atoms with E-state index in [1.165, 1.54) is 22.7 Å². The molecule has 7 heteroatoms. The fourth-order valence-electron chi connectivity index (χ4n) is 3.28. The molecule has 1 N–H and O–H groups in total. The van der Waals surface area contributed by atoms with E-state index >= 15 is 0 Å². The van der Waals surface area contributed by atoms with Crippen molar-refractivity contribution in [3.05, 3.63) is 45.1 Å². The average molecular weight is 374 g/mol. The molecule has 3 heterocycles. The molecule has 1 aliphatic heterocycles. The number of hydrogen-bond acceptors (Lipinski definition) is 5. The van der Waals surface area contributed by atoms with Crippen molar-refractivity contribution in [1.29, 1.82) is 0 Å². The van der Waals surface area contributed by atoms with E-state index in [2.05, 4.69) is 22.5 Å². The van der Waals surface area contributed by atoms with E-state index in [-0.39, 0.29) is 17.7 Å². The number of anilines is 1. The smallest absolute Gasteiger partial charge is 0.258 e. The lowest BCUT2D eigenvalue weighted by molar-refractivity contribution is -0.136. The van der Waals surface area contributed by atoms with Crippen molar-refractivity contribution in [2.24, 2.45) is 5.92 Å². The number of rotatable bonds is 3. The van der Waals surface area contributed by atoms with Crippen molar-refractivity contribution >= 4 is 39.6 Å². The number of nitrogens with zero attached hydrogens (tertiary/aromatic N) is 2. The maximum atomic E-state index is 12.7. The molecule has 130 valence electrons. The summed E-state index contributed by atoms with van der Waals surface area (Å²) < 4.78 is 0. The van der Waals surface area contributed by atoms with Gasteiger partial charge in [-0.1, -0.05) is 23.5 Å². The molecule has 1 aliphatic carbocycles. The number of thiophene rings is 1. The Morgan fingerprint density at radius 1 is 1.32 bits per heavy atom. The monoisotopic (exact) mass is 373 g/mol. The lowest BCUT2D eigenvalue weighted by Crippen LogP contribution is -2.39. The summed E-state index contributed by atoms with van der Waals surface area (Å²) in [6.45, 7) is 1.33. The van der Waals surface area contributed by atoms with Gasteiger partial charge in [0.15, 0.2) is 5.13 Å². The van der Waals surface area contributed by atoms with Gasteiger partial charge in [-0.25, -0.2) is 4.98 Å². The van der Waals surface area contributed by atoms with Crippen LogP contribution in [0.4, 0.5) is 5.13 Å². The fraction of sp³-hybridized carbons (Fsp3) is 0.389. The van der Waals surface area contributed by atoms with Gasteiger partial charge in [0.25, 0.3) is 5.91 Å². The molecular formula is C18H19N3O2S2. The lowest BCUT2D eigenvalue weighted by Gasteiger charge is -2.30. The average Bonchev–Trinajstić information content (AvgIpc) is 3.30. The first-order valence-corrected chi connectivity index (χ1v) is 10.2.